The molecule has 0 saturated carbocycles. The van der Waals surface area contributed by atoms with Gasteiger partial charge in [-0.3, -0.25) is 0 Å². The minimum Gasteiger partial charge on any atom is -0.462 e. The van der Waals surface area contributed by atoms with Gasteiger partial charge in [-0.05, 0) is 26.2 Å². The molecule has 0 N–H and O–H groups in total. The lowest BCUT2D eigenvalue weighted by Crippen LogP contribution is -2.74. The zero-order valence-electron chi connectivity index (χ0n) is 27.5. The predicted molar refractivity (Wildman–Crippen MR) is 191 cm³/mol. The van der Waals surface area contributed by atoms with Crippen molar-refractivity contribution in [3.8, 4) is 0 Å². The van der Waals surface area contributed by atoms with E-state index < -0.39 is 6.15 Å². The van der Waals surface area contributed by atoms with E-state index in [1.165, 1.54) is 65.2 Å². The van der Waals surface area contributed by atoms with E-state index in [9.17, 15) is 4.79 Å². The van der Waals surface area contributed by atoms with E-state index in [-0.39, 0.29) is 5.97 Å². The molecule has 44 heavy (non-hydrogen) atoms. The van der Waals surface area contributed by atoms with Crippen molar-refractivity contribution in [2.75, 3.05) is 32.8 Å². The van der Waals surface area contributed by atoms with E-state index in [0.717, 1.165) is 13.0 Å². The first kappa shape index (κ1) is 34.6. The number of esters is 1. The molecule has 0 aliphatic heterocycles. The third kappa shape index (κ3) is 9.06. The molecule has 0 aliphatic rings. The number of carbonyl (C=O) groups is 1. The van der Waals surface area contributed by atoms with Gasteiger partial charge in [-0.1, -0.05) is 149 Å². The van der Waals surface area contributed by atoms with Crippen LogP contribution in [-0.2, 0) is 9.53 Å². The van der Waals surface area contributed by atoms with Gasteiger partial charge in [0.1, 0.15) is 6.15 Å². The molecular weight excluding hydrogens is 537 g/mol. The van der Waals surface area contributed by atoms with Crippen LogP contribution in [0.4, 0.5) is 0 Å². The van der Waals surface area contributed by atoms with E-state index in [2.05, 4.69) is 149 Å². The summed E-state index contributed by atoms with van der Waals surface area (Å²) in [5, 5.41) is 0. The average Bonchev–Trinajstić information content (AvgIpc) is 3.06. The molecule has 0 spiro atoms. The van der Waals surface area contributed by atoms with Crippen molar-refractivity contribution < 1.29 is 14.0 Å². The van der Waals surface area contributed by atoms with Crippen LogP contribution in [0.3, 0.4) is 0 Å². The van der Waals surface area contributed by atoms with E-state index in [1.54, 1.807) is 6.92 Å². The molecule has 0 atom stereocenters. The lowest BCUT2D eigenvalue weighted by molar-refractivity contribution is -0.928. The molecule has 0 unspecified atom stereocenters. The molecule has 4 aromatic rings. The van der Waals surface area contributed by atoms with Crippen molar-refractivity contribution in [2.45, 2.75) is 53.4 Å². The van der Waals surface area contributed by atoms with E-state index in [4.69, 9.17) is 4.74 Å². The third-order valence-corrected chi connectivity index (χ3v) is 8.65. The van der Waals surface area contributed by atoms with Crippen molar-refractivity contribution >= 4 is 34.0 Å². The van der Waals surface area contributed by atoms with Gasteiger partial charge in [0.2, 0.25) is 0 Å². The highest BCUT2D eigenvalue weighted by Crippen LogP contribution is 2.13. The van der Waals surface area contributed by atoms with Crippen LogP contribution in [0.5, 0.6) is 0 Å². The predicted octanol–water partition coefficient (Wildman–Crippen LogP) is 6.61. The Bertz CT molecular complexity index is 1190. The zero-order chi connectivity index (χ0) is 31.7. The zero-order valence-corrected chi connectivity index (χ0v) is 27.5. The van der Waals surface area contributed by atoms with Gasteiger partial charge in [0, 0.05) is 12.0 Å². The summed E-state index contributed by atoms with van der Waals surface area (Å²) in [6.07, 6.45) is 3.37. The van der Waals surface area contributed by atoms with Gasteiger partial charge in [-0.2, -0.15) is 21.9 Å². The fraction of sp³-hybridized carbons (Fsp3) is 0.325. The SMILES string of the molecule is C=C(C)C(=O)OCCC[N+](CCC)(CCC)CCC.c1ccc([B-](c2ccccc2)(c2ccccc2)c2ccccc2)cc1. The molecule has 4 aromatic carbocycles. The van der Waals surface area contributed by atoms with Crippen LogP contribution < -0.4 is 21.9 Å². The van der Waals surface area contributed by atoms with E-state index in [1.807, 2.05) is 0 Å². The molecule has 0 radical (unpaired) electrons. The first-order valence-corrected chi connectivity index (χ1v) is 16.5. The van der Waals surface area contributed by atoms with Gasteiger partial charge >= 0.3 is 5.97 Å². The number of hydrogen-bond acceptors (Lipinski definition) is 2. The Morgan fingerprint density at radius 3 is 1.18 bits per heavy atom. The molecule has 0 aromatic heterocycles. The minimum absolute atomic E-state index is 0.264. The van der Waals surface area contributed by atoms with E-state index >= 15 is 0 Å². The van der Waals surface area contributed by atoms with Gasteiger partial charge in [0.15, 0.2) is 0 Å². The summed E-state index contributed by atoms with van der Waals surface area (Å²) in [4.78, 5) is 11.3. The molecule has 0 saturated heterocycles. The molecule has 4 rings (SSSR count). The van der Waals surface area contributed by atoms with Crippen molar-refractivity contribution in [1.82, 2.24) is 0 Å². The summed E-state index contributed by atoms with van der Waals surface area (Å²) in [7, 11) is 0. The van der Waals surface area contributed by atoms with Gasteiger partial charge < -0.3 is 9.22 Å². The van der Waals surface area contributed by atoms with Crippen LogP contribution >= 0.6 is 0 Å². The first-order valence-electron chi connectivity index (χ1n) is 16.5. The highest BCUT2D eigenvalue weighted by atomic mass is 16.5. The lowest BCUT2D eigenvalue weighted by Gasteiger charge is -2.44. The number of rotatable bonds is 15. The quantitative estimate of drug-likeness (QED) is 0.0513. The monoisotopic (exact) mass is 589 g/mol. The molecule has 0 aliphatic carbocycles. The molecule has 232 valence electrons. The number of carbonyl (C=O) groups excluding carboxylic acids is 1. The van der Waals surface area contributed by atoms with Crippen molar-refractivity contribution in [3.63, 3.8) is 0 Å². The third-order valence-electron chi connectivity index (χ3n) is 8.65. The van der Waals surface area contributed by atoms with Gasteiger partial charge in [-0.25, -0.2) is 4.79 Å². The summed E-state index contributed by atoms with van der Waals surface area (Å²) in [6, 6.07) is 43.5. The topological polar surface area (TPSA) is 26.3 Å². The average molecular weight is 590 g/mol. The number of hydrogen-bond donors (Lipinski definition) is 0. The van der Waals surface area contributed by atoms with Crippen molar-refractivity contribution in [2.24, 2.45) is 0 Å². The van der Waals surface area contributed by atoms with E-state index in [0.29, 0.717) is 12.2 Å². The normalized spacial score (nSPS) is 11.3. The van der Waals surface area contributed by atoms with Crippen LogP contribution in [0.15, 0.2) is 133 Å². The number of quaternary nitrogens is 1. The number of benzene rings is 4. The lowest BCUT2D eigenvalue weighted by atomic mass is 9.13. The standard InChI is InChI=1S/C24H20B.C16H32NO2/c1-5-13-21(14-6-1)25(22-15-7-2-8-16-22,23-17-9-3-10-18-23)24-19-11-4-12-20-24;1-6-10-17(11-7-2,12-8-3)13-9-14-19-16(18)15(4)5/h1-20H;4,6-14H2,1-3,5H3/q-1;+1. The largest absolute Gasteiger partial charge is 0.462 e. The maximum atomic E-state index is 11.3. The van der Waals surface area contributed by atoms with Crippen LogP contribution in [0.25, 0.3) is 0 Å². The summed E-state index contributed by atoms with van der Waals surface area (Å²) >= 11 is 0. The fourth-order valence-corrected chi connectivity index (χ4v) is 6.90. The molecule has 3 nitrogen and oxygen atoms in total. The summed E-state index contributed by atoms with van der Waals surface area (Å²) < 4.78 is 6.36. The molecular formula is C40H52BNO2. The Morgan fingerprint density at radius 1 is 0.591 bits per heavy atom. The molecule has 0 amide bonds. The van der Waals surface area contributed by atoms with Crippen LogP contribution in [0.2, 0.25) is 0 Å². The maximum Gasteiger partial charge on any atom is 0.333 e. The fourth-order valence-electron chi connectivity index (χ4n) is 6.90. The van der Waals surface area contributed by atoms with Crippen LogP contribution in [-0.4, -0.2) is 49.4 Å². The van der Waals surface area contributed by atoms with Crippen LogP contribution in [0, 0.1) is 0 Å². The summed E-state index contributed by atoms with van der Waals surface area (Å²) in [5.41, 5.74) is 5.84. The smallest absolute Gasteiger partial charge is 0.333 e. The van der Waals surface area contributed by atoms with Crippen molar-refractivity contribution in [1.29, 1.82) is 0 Å². The maximum absolute atomic E-state index is 11.3. The van der Waals surface area contributed by atoms with Crippen molar-refractivity contribution in [3.05, 3.63) is 133 Å². The van der Waals surface area contributed by atoms with Gasteiger partial charge in [0.25, 0.3) is 0 Å². The highest BCUT2D eigenvalue weighted by Gasteiger charge is 2.31. The second kappa shape index (κ2) is 18.0. The minimum atomic E-state index is -1.22. The Labute approximate surface area is 267 Å². The molecule has 0 fully saturated rings. The second-order valence-electron chi connectivity index (χ2n) is 12.0. The van der Waals surface area contributed by atoms with Crippen LogP contribution in [0.1, 0.15) is 53.4 Å². The molecule has 0 heterocycles. The van der Waals surface area contributed by atoms with Gasteiger partial charge in [0.05, 0.1) is 32.8 Å². The molecule has 4 heteroatoms. The number of nitrogens with zero attached hydrogens (tertiary/aromatic N) is 1. The number of ether oxygens (including phenoxy) is 1. The van der Waals surface area contributed by atoms with Gasteiger partial charge in [-0.15, -0.1) is 0 Å². The Balaban J connectivity index is 0.000000252. The Hall–Kier alpha value is -3.89. The highest BCUT2D eigenvalue weighted by molar-refractivity contribution is 7.19. The Kier molecular flexibility index (Phi) is 14.2. The Morgan fingerprint density at radius 2 is 0.909 bits per heavy atom. The summed E-state index contributed by atoms with van der Waals surface area (Å²) in [5.74, 6) is -0.264. The first-order chi connectivity index (χ1) is 21.4. The second-order valence-corrected chi connectivity index (χ2v) is 12.0. The molecule has 0 bridgehead atoms. The summed E-state index contributed by atoms with van der Waals surface area (Å²) in [6.45, 7) is 17.4.